The molecule has 0 fully saturated rings. The maximum atomic E-state index is 12.3. The molecule has 0 atom stereocenters. The van der Waals surface area contributed by atoms with Gasteiger partial charge >= 0.3 is 6.61 Å². The van der Waals surface area contributed by atoms with Crippen molar-refractivity contribution in [3.05, 3.63) is 64.0 Å². The lowest BCUT2D eigenvalue weighted by Crippen LogP contribution is -2.32. The Balaban J connectivity index is 1.60. The number of amides is 2. The quantitative estimate of drug-likeness (QED) is 0.543. The fraction of sp³-hybridized carbons (Fsp3) is 0.150. The van der Waals surface area contributed by atoms with Gasteiger partial charge in [0, 0.05) is 10.4 Å². The molecule has 0 unspecified atom stereocenters. The molecule has 156 valence electrons. The van der Waals surface area contributed by atoms with Gasteiger partial charge in [0.15, 0.2) is 5.13 Å². The Bertz CT molecular complexity index is 1060. The van der Waals surface area contributed by atoms with Crippen LogP contribution >= 0.6 is 22.9 Å². The first-order valence-corrected chi connectivity index (χ1v) is 9.88. The first-order valence-electron chi connectivity index (χ1n) is 8.68. The molecule has 0 aliphatic carbocycles. The van der Waals surface area contributed by atoms with Crippen LogP contribution in [0.25, 0.3) is 11.3 Å². The van der Waals surface area contributed by atoms with Crippen LogP contribution in [0.5, 0.6) is 5.75 Å². The van der Waals surface area contributed by atoms with Gasteiger partial charge in [0.05, 0.1) is 22.8 Å². The van der Waals surface area contributed by atoms with Crippen molar-refractivity contribution in [2.24, 2.45) is 0 Å². The van der Waals surface area contributed by atoms with Crippen LogP contribution in [0.3, 0.4) is 0 Å². The van der Waals surface area contributed by atoms with Crippen molar-refractivity contribution in [2.75, 3.05) is 11.9 Å². The summed E-state index contributed by atoms with van der Waals surface area (Å²) in [4.78, 5) is 29.5. The van der Waals surface area contributed by atoms with E-state index in [-0.39, 0.29) is 17.9 Å². The van der Waals surface area contributed by atoms with Gasteiger partial charge in [0.1, 0.15) is 5.75 Å². The van der Waals surface area contributed by atoms with Gasteiger partial charge in [-0.25, -0.2) is 4.98 Å². The number of anilines is 1. The fourth-order valence-corrected chi connectivity index (χ4v) is 3.65. The van der Waals surface area contributed by atoms with Crippen molar-refractivity contribution >= 4 is 39.9 Å². The normalized spacial score (nSPS) is 10.7. The van der Waals surface area contributed by atoms with E-state index in [2.05, 4.69) is 20.4 Å². The van der Waals surface area contributed by atoms with E-state index in [1.807, 2.05) is 6.92 Å². The number of carbonyl (C=O) groups is 2. The zero-order valence-electron chi connectivity index (χ0n) is 15.6. The standard InChI is InChI=1S/C20H16ClF2N3O3S/c1-11-17(12-6-8-13(9-7-12)29-19(22)23)26-20(30-11)25-16(27)10-24-18(28)14-4-2-3-5-15(14)21/h2-9,19H,10H2,1H3,(H,24,28)(H,25,26,27). The van der Waals surface area contributed by atoms with Crippen molar-refractivity contribution < 1.29 is 23.1 Å². The van der Waals surface area contributed by atoms with E-state index in [0.717, 1.165) is 4.88 Å². The number of aromatic nitrogens is 1. The van der Waals surface area contributed by atoms with Gasteiger partial charge in [0.25, 0.3) is 5.91 Å². The highest BCUT2D eigenvalue weighted by atomic mass is 35.5. The van der Waals surface area contributed by atoms with Gasteiger partial charge < -0.3 is 15.4 Å². The Morgan fingerprint density at radius 1 is 1.17 bits per heavy atom. The van der Waals surface area contributed by atoms with Gasteiger partial charge in [-0.1, -0.05) is 23.7 Å². The highest BCUT2D eigenvalue weighted by Gasteiger charge is 2.15. The van der Waals surface area contributed by atoms with Crippen LogP contribution < -0.4 is 15.4 Å². The molecule has 6 nitrogen and oxygen atoms in total. The summed E-state index contributed by atoms with van der Waals surface area (Å²) < 4.78 is 28.8. The monoisotopic (exact) mass is 451 g/mol. The number of ether oxygens (including phenoxy) is 1. The van der Waals surface area contributed by atoms with Crippen LogP contribution in [0, 0.1) is 6.92 Å². The smallest absolute Gasteiger partial charge is 0.387 e. The molecule has 10 heteroatoms. The molecule has 0 radical (unpaired) electrons. The summed E-state index contributed by atoms with van der Waals surface area (Å²) in [6.07, 6.45) is 0. The Morgan fingerprint density at radius 2 is 1.87 bits per heavy atom. The lowest BCUT2D eigenvalue weighted by Gasteiger charge is -2.06. The molecule has 3 rings (SSSR count). The van der Waals surface area contributed by atoms with Crippen molar-refractivity contribution in [3.8, 4) is 17.0 Å². The molecular weight excluding hydrogens is 436 g/mol. The summed E-state index contributed by atoms with van der Waals surface area (Å²) in [5, 5.41) is 5.78. The number of hydrogen-bond acceptors (Lipinski definition) is 5. The van der Waals surface area contributed by atoms with Crippen LogP contribution in [0.15, 0.2) is 48.5 Å². The maximum absolute atomic E-state index is 12.3. The lowest BCUT2D eigenvalue weighted by atomic mass is 10.1. The molecule has 0 spiro atoms. The van der Waals surface area contributed by atoms with Crippen molar-refractivity contribution in [3.63, 3.8) is 0 Å². The van der Waals surface area contributed by atoms with Gasteiger partial charge in [-0.15, -0.1) is 11.3 Å². The summed E-state index contributed by atoms with van der Waals surface area (Å²) in [6, 6.07) is 12.6. The van der Waals surface area contributed by atoms with E-state index >= 15 is 0 Å². The third-order valence-corrected chi connectivity index (χ3v) is 5.14. The molecule has 1 aromatic heterocycles. The molecule has 0 saturated heterocycles. The van der Waals surface area contributed by atoms with Crippen LogP contribution in [-0.2, 0) is 4.79 Å². The highest BCUT2D eigenvalue weighted by Crippen LogP contribution is 2.31. The Kier molecular flexibility index (Phi) is 6.96. The summed E-state index contributed by atoms with van der Waals surface area (Å²) in [6.45, 7) is -1.32. The number of benzene rings is 2. The highest BCUT2D eigenvalue weighted by molar-refractivity contribution is 7.16. The number of aryl methyl sites for hydroxylation is 1. The minimum Gasteiger partial charge on any atom is -0.435 e. The number of hydrogen-bond donors (Lipinski definition) is 2. The van der Waals surface area contributed by atoms with E-state index < -0.39 is 18.4 Å². The van der Waals surface area contributed by atoms with Gasteiger partial charge in [-0.2, -0.15) is 8.78 Å². The third kappa shape index (κ3) is 5.52. The molecule has 2 aromatic carbocycles. The van der Waals surface area contributed by atoms with Crippen LogP contribution in [0.1, 0.15) is 15.2 Å². The second kappa shape index (κ2) is 9.64. The number of nitrogens with zero attached hydrogens (tertiary/aromatic N) is 1. The average Bonchev–Trinajstić information content (AvgIpc) is 3.06. The van der Waals surface area contributed by atoms with E-state index in [1.165, 1.54) is 23.5 Å². The molecule has 30 heavy (non-hydrogen) atoms. The number of rotatable bonds is 7. The molecule has 2 amide bonds. The van der Waals surface area contributed by atoms with Crippen LogP contribution in [0.2, 0.25) is 5.02 Å². The number of thiazole rings is 1. The van der Waals surface area contributed by atoms with E-state index in [0.29, 0.717) is 21.4 Å². The SMILES string of the molecule is Cc1sc(NC(=O)CNC(=O)c2ccccc2Cl)nc1-c1ccc(OC(F)F)cc1. The molecule has 2 N–H and O–H groups in total. The predicted molar refractivity (Wildman–Crippen MR) is 111 cm³/mol. The molecule has 0 aliphatic rings. The summed E-state index contributed by atoms with van der Waals surface area (Å²) in [5.41, 5.74) is 1.58. The number of carbonyl (C=O) groups excluding carboxylic acids is 2. The molecule has 0 saturated carbocycles. The first-order chi connectivity index (χ1) is 14.3. The number of halogens is 3. The number of nitrogens with one attached hydrogen (secondary N) is 2. The topological polar surface area (TPSA) is 80.3 Å². The van der Waals surface area contributed by atoms with Gasteiger partial charge in [-0.05, 0) is 43.3 Å². The van der Waals surface area contributed by atoms with Gasteiger partial charge in [-0.3, -0.25) is 9.59 Å². The summed E-state index contributed by atoms with van der Waals surface area (Å²) >= 11 is 7.22. The summed E-state index contributed by atoms with van der Waals surface area (Å²) in [5.74, 6) is -0.862. The van der Waals surface area contributed by atoms with E-state index in [9.17, 15) is 18.4 Å². The predicted octanol–water partition coefficient (Wildman–Crippen LogP) is 4.74. The first kappa shape index (κ1) is 21.7. The van der Waals surface area contributed by atoms with Gasteiger partial charge in [0.2, 0.25) is 5.91 Å². The molecule has 1 heterocycles. The summed E-state index contributed by atoms with van der Waals surface area (Å²) in [7, 11) is 0. The molecule has 3 aromatic rings. The van der Waals surface area contributed by atoms with Crippen molar-refractivity contribution in [1.82, 2.24) is 10.3 Å². The lowest BCUT2D eigenvalue weighted by molar-refractivity contribution is -0.115. The second-order valence-electron chi connectivity index (χ2n) is 6.04. The van der Waals surface area contributed by atoms with E-state index in [1.54, 1.807) is 36.4 Å². The van der Waals surface area contributed by atoms with Crippen molar-refractivity contribution in [1.29, 1.82) is 0 Å². The molecular formula is C20H16ClF2N3O3S. The Morgan fingerprint density at radius 3 is 2.53 bits per heavy atom. The minimum atomic E-state index is -2.89. The van der Waals surface area contributed by atoms with Crippen LogP contribution in [-0.4, -0.2) is 30.0 Å². The Hall–Kier alpha value is -3.04. The molecule has 0 bridgehead atoms. The van der Waals surface area contributed by atoms with E-state index in [4.69, 9.17) is 11.6 Å². The Labute approximate surface area is 179 Å². The minimum absolute atomic E-state index is 0.0458. The molecule has 0 aliphatic heterocycles. The van der Waals surface area contributed by atoms with Crippen LogP contribution in [0.4, 0.5) is 13.9 Å². The zero-order valence-corrected chi connectivity index (χ0v) is 17.2. The number of alkyl halides is 2. The largest absolute Gasteiger partial charge is 0.435 e. The second-order valence-corrected chi connectivity index (χ2v) is 7.65. The third-order valence-electron chi connectivity index (χ3n) is 3.92. The zero-order chi connectivity index (χ0) is 21.7. The maximum Gasteiger partial charge on any atom is 0.387 e. The average molecular weight is 452 g/mol. The fourth-order valence-electron chi connectivity index (χ4n) is 2.58. The van der Waals surface area contributed by atoms with Crippen molar-refractivity contribution in [2.45, 2.75) is 13.5 Å².